The number of pyridine rings is 1. The summed E-state index contributed by atoms with van der Waals surface area (Å²) in [4.78, 5) is 22.4. The number of rotatable bonds is 8. The van der Waals surface area contributed by atoms with Gasteiger partial charge >= 0.3 is 6.18 Å². The van der Waals surface area contributed by atoms with Gasteiger partial charge in [0.25, 0.3) is 0 Å². The molecule has 1 amide bonds. The molecule has 2 unspecified atom stereocenters. The Bertz CT molecular complexity index is 1790. The molecule has 2 aliphatic heterocycles. The number of piperazine rings is 1. The number of nitrogens with zero attached hydrogens (tertiary/aromatic N) is 4. The Kier molecular flexibility index (Phi) is 9.37. The second-order valence-electron chi connectivity index (χ2n) is 11.1. The van der Waals surface area contributed by atoms with E-state index in [0.29, 0.717) is 59.4 Å². The first-order valence-electron chi connectivity index (χ1n) is 14.9. The Labute approximate surface area is 270 Å². The predicted octanol–water partition coefficient (Wildman–Crippen LogP) is 5.95. The number of nitrogens with one attached hydrogen (secondary N) is 1. The third-order valence-electron chi connectivity index (χ3n) is 8.05. The first-order valence-corrected chi connectivity index (χ1v) is 16.0. The van der Waals surface area contributed by atoms with Crippen LogP contribution in [0.15, 0.2) is 102 Å². The van der Waals surface area contributed by atoms with Crippen LogP contribution in [0, 0.1) is 11.6 Å². The number of hydrogen-bond donors (Lipinski definition) is 1. The van der Waals surface area contributed by atoms with E-state index < -0.39 is 40.5 Å². The fourth-order valence-corrected chi connectivity index (χ4v) is 6.80. The van der Waals surface area contributed by atoms with Crippen LogP contribution < -0.4 is 15.1 Å². The Balaban J connectivity index is 1.21. The molecular formula is C34H30F5N5O2S. The highest BCUT2D eigenvalue weighted by atomic mass is 32.2. The molecule has 0 radical (unpaired) electrons. The molecule has 1 saturated heterocycles. The van der Waals surface area contributed by atoms with E-state index in [-0.39, 0.29) is 18.9 Å². The molecule has 0 bridgehead atoms. The number of benzene rings is 3. The zero-order chi connectivity index (χ0) is 33.1. The monoisotopic (exact) mass is 667 g/mol. The van der Waals surface area contributed by atoms with Crippen LogP contribution in [0.4, 0.5) is 33.5 Å². The summed E-state index contributed by atoms with van der Waals surface area (Å²) in [5, 5.41) is 2.89. The average molecular weight is 668 g/mol. The Hall–Kier alpha value is -4.62. The number of halogens is 5. The van der Waals surface area contributed by atoms with Crippen molar-refractivity contribution >= 4 is 28.4 Å². The van der Waals surface area contributed by atoms with Crippen molar-refractivity contribution in [1.82, 2.24) is 14.6 Å². The lowest BCUT2D eigenvalue weighted by molar-refractivity contribution is -0.137. The molecule has 47 heavy (non-hydrogen) atoms. The van der Waals surface area contributed by atoms with Crippen LogP contribution in [-0.4, -0.2) is 58.2 Å². The number of anilines is 2. The van der Waals surface area contributed by atoms with Crippen molar-refractivity contribution in [2.24, 2.45) is 0 Å². The summed E-state index contributed by atoms with van der Waals surface area (Å²) in [6.45, 7) is 2.40. The fraction of sp³-hybridized carbons (Fsp3) is 0.235. The Morgan fingerprint density at radius 1 is 0.894 bits per heavy atom. The Morgan fingerprint density at radius 3 is 2.26 bits per heavy atom. The van der Waals surface area contributed by atoms with Gasteiger partial charge in [-0.3, -0.25) is 4.79 Å². The molecule has 0 saturated carbocycles. The zero-order valence-corrected chi connectivity index (χ0v) is 25.8. The number of aromatic nitrogens is 1. The summed E-state index contributed by atoms with van der Waals surface area (Å²) in [5.74, 6) is -0.598. The molecule has 1 aromatic heterocycles. The molecule has 1 fully saturated rings. The molecule has 2 atom stereocenters. The maximum atomic E-state index is 14.4. The number of alkyl halides is 3. The van der Waals surface area contributed by atoms with E-state index >= 15 is 0 Å². The Morgan fingerprint density at radius 2 is 1.57 bits per heavy atom. The topological polar surface area (TPSA) is 68.8 Å². The summed E-state index contributed by atoms with van der Waals surface area (Å²) in [7, 11) is -1.71. The highest BCUT2D eigenvalue weighted by Crippen LogP contribution is 2.32. The van der Waals surface area contributed by atoms with E-state index in [1.807, 2.05) is 15.9 Å². The maximum absolute atomic E-state index is 14.4. The molecule has 7 nitrogen and oxygen atoms in total. The lowest BCUT2D eigenvalue weighted by atomic mass is 10.1. The minimum atomic E-state index is -4.48. The summed E-state index contributed by atoms with van der Waals surface area (Å²) in [6, 6.07) is 19.2. The van der Waals surface area contributed by atoms with Gasteiger partial charge in [0.2, 0.25) is 5.91 Å². The quantitative estimate of drug-likeness (QED) is 0.186. The minimum Gasteiger partial charge on any atom is -0.366 e. The number of hydrogen-bond acceptors (Lipinski definition) is 5. The van der Waals surface area contributed by atoms with Crippen LogP contribution in [0.3, 0.4) is 0 Å². The van der Waals surface area contributed by atoms with Crippen molar-refractivity contribution in [2.75, 3.05) is 42.5 Å². The first kappa shape index (κ1) is 32.3. The van der Waals surface area contributed by atoms with Crippen molar-refractivity contribution in [3.05, 3.63) is 120 Å². The van der Waals surface area contributed by atoms with Gasteiger partial charge in [0.05, 0.1) is 21.8 Å². The number of para-hydroxylation sites is 1. The van der Waals surface area contributed by atoms with E-state index in [2.05, 4.69) is 5.32 Å². The van der Waals surface area contributed by atoms with Gasteiger partial charge in [-0.2, -0.15) is 13.2 Å². The highest BCUT2D eigenvalue weighted by Gasteiger charge is 2.32. The van der Waals surface area contributed by atoms with Gasteiger partial charge in [0, 0.05) is 44.8 Å². The number of carbonyl (C=O) groups excluding carboxylic acids is 1. The maximum Gasteiger partial charge on any atom is 0.416 e. The van der Waals surface area contributed by atoms with Crippen LogP contribution in [0.1, 0.15) is 11.1 Å². The average Bonchev–Trinajstić information content (AvgIpc) is 3.57. The summed E-state index contributed by atoms with van der Waals surface area (Å²) in [5.41, 5.74) is 1.29. The van der Waals surface area contributed by atoms with E-state index in [9.17, 15) is 31.0 Å². The van der Waals surface area contributed by atoms with Gasteiger partial charge in [-0.05, 0) is 66.2 Å². The van der Waals surface area contributed by atoms with Crippen LogP contribution in [0.25, 0.3) is 11.3 Å². The first-order chi connectivity index (χ1) is 22.6. The SMILES string of the molecule is O=C(NCc1cc(-c2ccc(C(F)(F)F)cc2)nc(N2CCN(c3ccccc3F)CC2)c1)C1C=CCN1S(=O)c1ccc(F)cc1. The third-order valence-corrected chi connectivity index (χ3v) is 9.53. The highest BCUT2D eigenvalue weighted by molar-refractivity contribution is 7.82. The summed E-state index contributed by atoms with van der Waals surface area (Å²) >= 11 is 0. The lowest BCUT2D eigenvalue weighted by Crippen LogP contribution is -2.47. The summed E-state index contributed by atoms with van der Waals surface area (Å²) in [6.07, 6.45) is -1.10. The fourth-order valence-electron chi connectivity index (χ4n) is 5.57. The van der Waals surface area contributed by atoms with E-state index in [4.69, 9.17) is 4.98 Å². The summed E-state index contributed by atoms with van der Waals surface area (Å²) < 4.78 is 82.2. The molecule has 13 heteroatoms. The molecule has 4 aromatic rings. The van der Waals surface area contributed by atoms with Gasteiger partial charge in [0.1, 0.15) is 34.5 Å². The third kappa shape index (κ3) is 7.36. The normalized spacial score (nSPS) is 17.6. The molecule has 244 valence electrons. The van der Waals surface area contributed by atoms with Gasteiger partial charge in [-0.15, -0.1) is 0 Å². The molecule has 0 aliphatic carbocycles. The molecule has 6 rings (SSSR count). The van der Waals surface area contributed by atoms with Crippen molar-refractivity contribution in [3.8, 4) is 11.3 Å². The van der Waals surface area contributed by atoms with Crippen molar-refractivity contribution in [2.45, 2.75) is 23.7 Å². The number of amides is 1. The van der Waals surface area contributed by atoms with E-state index in [0.717, 1.165) is 12.1 Å². The standard InChI is InChI=1S/C34H30F5N5O2S/c35-26-11-13-27(14-12-26)47(46)44-15-3-6-31(44)33(45)40-22-23-20-29(24-7-9-25(10-8-24)34(37,38)39)41-32(21-23)43-18-16-42(17-19-43)30-5-2-1-4-28(30)36/h1-14,20-21,31H,15-19,22H2,(H,40,45). The van der Waals surface area contributed by atoms with Crippen molar-refractivity contribution < 1.29 is 31.0 Å². The minimum absolute atomic E-state index is 0.0680. The van der Waals surface area contributed by atoms with E-state index in [1.165, 1.54) is 46.8 Å². The molecule has 0 spiro atoms. The van der Waals surface area contributed by atoms with Crippen molar-refractivity contribution in [1.29, 1.82) is 0 Å². The van der Waals surface area contributed by atoms with Crippen LogP contribution in [0.5, 0.6) is 0 Å². The van der Waals surface area contributed by atoms with Crippen LogP contribution in [-0.2, 0) is 28.5 Å². The molecule has 1 N–H and O–H groups in total. The molecular weight excluding hydrogens is 637 g/mol. The van der Waals surface area contributed by atoms with Gasteiger partial charge in [-0.25, -0.2) is 22.3 Å². The largest absolute Gasteiger partial charge is 0.416 e. The van der Waals surface area contributed by atoms with Crippen molar-refractivity contribution in [3.63, 3.8) is 0 Å². The van der Waals surface area contributed by atoms with Crippen LogP contribution >= 0.6 is 0 Å². The smallest absolute Gasteiger partial charge is 0.366 e. The van der Waals surface area contributed by atoms with Gasteiger partial charge < -0.3 is 15.1 Å². The van der Waals surface area contributed by atoms with Crippen LogP contribution in [0.2, 0.25) is 0 Å². The molecule has 3 heterocycles. The van der Waals surface area contributed by atoms with E-state index in [1.54, 1.807) is 36.4 Å². The lowest BCUT2D eigenvalue weighted by Gasteiger charge is -2.37. The second kappa shape index (κ2) is 13.6. The molecule has 3 aromatic carbocycles. The van der Waals surface area contributed by atoms with Gasteiger partial charge in [0.15, 0.2) is 0 Å². The predicted molar refractivity (Wildman–Crippen MR) is 170 cm³/mol. The second-order valence-corrected chi connectivity index (χ2v) is 12.6. The number of carbonyl (C=O) groups is 1. The zero-order valence-electron chi connectivity index (χ0n) is 25.0. The van der Waals surface area contributed by atoms with Gasteiger partial charge in [-0.1, -0.05) is 36.4 Å². The molecule has 2 aliphatic rings.